The highest BCUT2D eigenvalue weighted by Crippen LogP contribution is 2.26. The van der Waals surface area contributed by atoms with Gasteiger partial charge in [0.25, 0.3) is 0 Å². The Hall–Kier alpha value is -4.17. The summed E-state index contributed by atoms with van der Waals surface area (Å²) in [4.78, 5) is 23.9. The van der Waals surface area contributed by atoms with E-state index >= 15 is 4.39 Å². The number of anilines is 2. The predicted molar refractivity (Wildman–Crippen MR) is 179 cm³/mol. The molecule has 0 spiro atoms. The van der Waals surface area contributed by atoms with E-state index in [1.54, 1.807) is 41.6 Å². The standard InChI is InChI=1S/C35H44FN7O5/c1-35(2,3)48-34(45)42-14-11-24(12-15-42)38-31(22-47-33-6-4-5-17-46-33)29-9-7-23-20-37-32(19-30(23)39-29)40-28-10-8-26(18-27(28)36)43-16-13-25(21-44)41-43/h7-10,13,16,18-20,24,31,33,38,44H,4-6,11-12,14-15,17,21-22H2,1-3H3,(H,37,40). The number of pyridine rings is 2. The molecule has 12 nitrogen and oxygen atoms in total. The summed E-state index contributed by atoms with van der Waals surface area (Å²) in [5.74, 6) is -0.0208. The number of amides is 1. The predicted octanol–water partition coefficient (Wildman–Crippen LogP) is 5.76. The van der Waals surface area contributed by atoms with Gasteiger partial charge in [0, 0.05) is 55.7 Å². The van der Waals surface area contributed by atoms with Gasteiger partial charge in [0.05, 0.1) is 47.5 Å². The zero-order valence-electron chi connectivity index (χ0n) is 27.7. The number of nitrogens with zero attached hydrogens (tertiary/aromatic N) is 5. The van der Waals surface area contributed by atoms with Crippen molar-refractivity contribution in [3.05, 3.63) is 72.1 Å². The summed E-state index contributed by atoms with van der Waals surface area (Å²) in [6.07, 6.45) is 7.36. The lowest BCUT2D eigenvalue weighted by molar-refractivity contribution is -0.166. The maximum Gasteiger partial charge on any atom is 0.410 e. The normalized spacial score (nSPS) is 18.2. The minimum atomic E-state index is -0.534. The van der Waals surface area contributed by atoms with Gasteiger partial charge >= 0.3 is 6.09 Å². The number of piperidine rings is 1. The maximum absolute atomic E-state index is 15.1. The molecule has 48 heavy (non-hydrogen) atoms. The second kappa shape index (κ2) is 14.9. The first-order valence-corrected chi connectivity index (χ1v) is 16.6. The van der Waals surface area contributed by atoms with Crippen molar-refractivity contribution in [1.29, 1.82) is 0 Å². The van der Waals surface area contributed by atoms with Crippen LogP contribution in [0.4, 0.5) is 20.7 Å². The van der Waals surface area contributed by atoms with Gasteiger partial charge in [-0.2, -0.15) is 5.10 Å². The summed E-state index contributed by atoms with van der Waals surface area (Å²) in [6, 6.07) is 12.1. The number of ether oxygens (including phenoxy) is 3. The first kappa shape index (κ1) is 33.7. The number of nitrogens with one attached hydrogen (secondary N) is 2. The van der Waals surface area contributed by atoms with E-state index < -0.39 is 11.4 Å². The summed E-state index contributed by atoms with van der Waals surface area (Å²) in [7, 11) is 0. The van der Waals surface area contributed by atoms with Crippen molar-refractivity contribution in [3.8, 4) is 5.69 Å². The first-order chi connectivity index (χ1) is 23.1. The zero-order valence-corrected chi connectivity index (χ0v) is 27.7. The van der Waals surface area contributed by atoms with E-state index in [4.69, 9.17) is 19.2 Å². The van der Waals surface area contributed by atoms with Crippen molar-refractivity contribution < 1.29 is 28.5 Å². The average molecular weight is 662 g/mol. The van der Waals surface area contributed by atoms with Crippen LogP contribution in [-0.4, -0.2) is 80.1 Å². The number of aromatic nitrogens is 4. The van der Waals surface area contributed by atoms with E-state index in [1.165, 1.54) is 10.7 Å². The largest absolute Gasteiger partial charge is 0.444 e. The summed E-state index contributed by atoms with van der Waals surface area (Å²) in [5.41, 5.74) is 2.27. The number of fused-ring (bicyclic) bond motifs is 1. The lowest BCUT2D eigenvalue weighted by Gasteiger charge is -2.35. The highest BCUT2D eigenvalue weighted by atomic mass is 19.1. The monoisotopic (exact) mass is 661 g/mol. The average Bonchev–Trinajstić information content (AvgIpc) is 3.57. The van der Waals surface area contributed by atoms with E-state index in [2.05, 4.69) is 20.7 Å². The first-order valence-electron chi connectivity index (χ1n) is 16.6. The molecule has 2 aliphatic rings. The van der Waals surface area contributed by atoms with Crippen LogP contribution < -0.4 is 10.6 Å². The molecule has 2 atom stereocenters. The zero-order chi connectivity index (χ0) is 33.7. The summed E-state index contributed by atoms with van der Waals surface area (Å²) in [6.45, 7) is 7.70. The Morgan fingerprint density at radius 3 is 2.67 bits per heavy atom. The highest BCUT2D eigenvalue weighted by Gasteiger charge is 2.29. The molecule has 1 aromatic carbocycles. The Bertz CT molecular complexity index is 1700. The van der Waals surface area contributed by atoms with E-state index in [0.717, 1.165) is 43.2 Å². The summed E-state index contributed by atoms with van der Waals surface area (Å²) < 4.78 is 34.3. The highest BCUT2D eigenvalue weighted by molar-refractivity contribution is 5.81. The third-order valence-corrected chi connectivity index (χ3v) is 8.41. The molecule has 2 saturated heterocycles. The molecular weight excluding hydrogens is 617 g/mol. The molecule has 0 saturated carbocycles. The molecule has 256 valence electrons. The van der Waals surface area contributed by atoms with Crippen LogP contribution in [-0.2, 0) is 20.8 Å². The fourth-order valence-corrected chi connectivity index (χ4v) is 5.87. The lowest BCUT2D eigenvalue weighted by Crippen LogP contribution is -2.48. The van der Waals surface area contributed by atoms with Gasteiger partial charge in [-0.15, -0.1) is 0 Å². The molecule has 0 bridgehead atoms. The van der Waals surface area contributed by atoms with Gasteiger partial charge in [-0.1, -0.05) is 0 Å². The van der Waals surface area contributed by atoms with Gasteiger partial charge in [0.1, 0.15) is 17.2 Å². The number of carbonyl (C=O) groups is 1. The van der Waals surface area contributed by atoms with Gasteiger partial charge in [-0.25, -0.2) is 18.9 Å². The lowest BCUT2D eigenvalue weighted by atomic mass is 10.0. The molecule has 5 heterocycles. The molecule has 13 heteroatoms. The number of carbonyl (C=O) groups excluding carboxylic acids is 1. The molecule has 2 fully saturated rings. The van der Waals surface area contributed by atoms with Crippen LogP contribution in [0, 0.1) is 5.82 Å². The van der Waals surface area contributed by atoms with Crippen LogP contribution in [0.15, 0.2) is 54.9 Å². The van der Waals surface area contributed by atoms with E-state index in [9.17, 15) is 9.90 Å². The van der Waals surface area contributed by atoms with Crippen molar-refractivity contribution in [2.24, 2.45) is 0 Å². The number of benzene rings is 1. The molecule has 0 aliphatic carbocycles. The van der Waals surface area contributed by atoms with Gasteiger partial charge < -0.3 is 34.9 Å². The van der Waals surface area contributed by atoms with Crippen LogP contribution >= 0.6 is 0 Å². The van der Waals surface area contributed by atoms with E-state index in [0.29, 0.717) is 49.0 Å². The number of aliphatic hydroxyl groups excluding tert-OH is 1. The molecule has 3 aromatic heterocycles. The van der Waals surface area contributed by atoms with Gasteiger partial charge in [-0.05, 0) is 83.2 Å². The second-order valence-electron chi connectivity index (χ2n) is 13.3. The SMILES string of the molecule is CC(C)(C)OC(=O)N1CCC(NC(COC2CCCCO2)c2ccc3cnc(Nc4ccc(-n5ccc(CO)n5)cc4F)cc3n2)CC1. The Labute approximate surface area is 279 Å². The molecule has 0 radical (unpaired) electrons. The topological polar surface area (TPSA) is 136 Å². The number of likely N-dealkylation sites (tertiary alicyclic amines) is 1. The van der Waals surface area contributed by atoms with Crippen LogP contribution in [0.5, 0.6) is 0 Å². The third kappa shape index (κ3) is 8.64. The number of aliphatic hydroxyl groups is 1. The Balaban J connectivity index is 1.17. The molecule has 4 aromatic rings. The summed E-state index contributed by atoms with van der Waals surface area (Å²) in [5, 5.41) is 21.2. The van der Waals surface area contributed by atoms with Crippen LogP contribution in [0.3, 0.4) is 0 Å². The number of hydrogen-bond donors (Lipinski definition) is 3. The Kier molecular flexibility index (Phi) is 10.5. The van der Waals surface area contributed by atoms with E-state index in [-0.39, 0.29) is 36.8 Å². The van der Waals surface area contributed by atoms with Crippen molar-refractivity contribution in [3.63, 3.8) is 0 Å². The van der Waals surface area contributed by atoms with E-state index in [1.807, 2.05) is 32.9 Å². The minimum Gasteiger partial charge on any atom is -0.444 e. The molecule has 2 aliphatic heterocycles. The Morgan fingerprint density at radius 1 is 1.12 bits per heavy atom. The van der Waals surface area contributed by atoms with Crippen molar-refractivity contribution in [2.45, 2.75) is 83.5 Å². The number of halogens is 1. The van der Waals surface area contributed by atoms with Crippen LogP contribution in [0.2, 0.25) is 0 Å². The van der Waals surface area contributed by atoms with Gasteiger partial charge in [0.15, 0.2) is 6.29 Å². The fraction of sp³-hybridized carbons (Fsp3) is 0.486. The second-order valence-corrected chi connectivity index (χ2v) is 13.3. The number of hydrogen-bond acceptors (Lipinski definition) is 10. The van der Waals surface area contributed by atoms with Crippen molar-refractivity contribution >= 4 is 28.5 Å². The maximum atomic E-state index is 15.1. The number of rotatable bonds is 10. The fourth-order valence-electron chi connectivity index (χ4n) is 5.87. The minimum absolute atomic E-state index is 0.152. The summed E-state index contributed by atoms with van der Waals surface area (Å²) >= 11 is 0. The smallest absolute Gasteiger partial charge is 0.410 e. The van der Waals surface area contributed by atoms with Crippen molar-refractivity contribution in [2.75, 3.05) is 31.6 Å². The van der Waals surface area contributed by atoms with Crippen molar-refractivity contribution in [1.82, 2.24) is 30.0 Å². The molecule has 1 amide bonds. The molecular formula is C35H44FN7O5. The molecule has 6 rings (SSSR count). The molecule has 3 N–H and O–H groups in total. The van der Waals surface area contributed by atoms with Gasteiger partial charge in [0.2, 0.25) is 0 Å². The quantitative estimate of drug-likeness (QED) is 0.192. The van der Waals surface area contributed by atoms with Gasteiger partial charge in [-0.3, -0.25) is 4.98 Å². The molecule has 2 unspecified atom stereocenters. The van der Waals surface area contributed by atoms with Crippen LogP contribution in [0.25, 0.3) is 16.6 Å². The van der Waals surface area contributed by atoms with Crippen LogP contribution in [0.1, 0.15) is 70.3 Å². The third-order valence-electron chi connectivity index (χ3n) is 8.41. The Morgan fingerprint density at radius 2 is 1.96 bits per heavy atom.